The molecule has 3 rings (SSSR count). The maximum Gasteiger partial charge on any atom is 0.0345 e. The van der Waals surface area contributed by atoms with Crippen LogP contribution < -0.4 is 5.32 Å². The zero-order valence-electron chi connectivity index (χ0n) is 13.3. The highest BCUT2D eigenvalue weighted by Gasteiger charge is 2.30. The molecule has 1 saturated carbocycles. The summed E-state index contributed by atoms with van der Waals surface area (Å²) in [6, 6.07) is 9.50. The third kappa shape index (κ3) is 3.32. The lowest BCUT2D eigenvalue weighted by molar-refractivity contribution is 0.349. The molecule has 1 heterocycles. The molecule has 0 saturated heterocycles. The van der Waals surface area contributed by atoms with Crippen LogP contribution in [0.15, 0.2) is 29.6 Å². The summed E-state index contributed by atoms with van der Waals surface area (Å²) >= 11 is 1.89. The van der Waals surface area contributed by atoms with Gasteiger partial charge in [-0.2, -0.15) is 0 Å². The molecule has 1 nitrogen and oxygen atoms in total. The fraction of sp³-hybridized carbons (Fsp3) is 0.579. The molecule has 1 aliphatic carbocycles. The molecule has 0 amide bonds. The van der Waals surface area contributed by atoms with Crippen LogP contribution in [0.4, 0.5) is 0 Å². The molecule has 1 N–H and O–H groups in total. The van der Waals surface area contributed by atoms with Gasteiger partial charge in [-0.05, 0) is 60.0 Å². The molecule has 21 heavy (non-hydrogen) atoms. The van der Waals surface area contributed by atoms with Gasteiger partial charge in [0.2, 0.25) is 0 Å². The number of rotatable bonds is 6. The molecule has 3 atom stereocenters. The van der Waals surface area contributed by atoms with Gasteiger partial charge in [0.25, 0.3) is 0 Å². The lowest BCUT2D eigenvalue weighted by Gasteiger charge is -2.24. The quantitative estimate of drug-likeness (QED) is 0.768. The van der Waals surface area contributed by atoms with E-state index >= 15 is 0 Å². The predicted molar refractivity (Wildman–Crippen MR) is 94.1 cm³/mol. The fourth-order valence-corrected chi connectivity index (χ4v) is 4.92. The van der Waals surface area contributed by atoms with Gasteiger partial charge >= 0.3 is 0 Å². The molecule has 3 unspecified atom stereocenters. The van der Waals surface area contributed by atoms with Crippen molar-refractivity contribution < 1.29 is 0 Å². The highest BCUT2D eigenvalue weighted by molar-refractivity contribution is 7.17. The Hall–Kier alpha value is -0.860. The first-order valence-electron chi connectivity index (χ1n) is 8.50. The largest absolute Gasteiger partial charge is 0.314 e. The number of fused-ring (bicyclic) bond motifs is 1. The van der Waals surface area contributed by atoms with Crippen LogP contribution in [0.5, 0.6) is 0 Å². The Labute approximate surface area is 132 Å². The van der Waals surface area contributed by atoms with Gasteiger partial charge in [-0.25, -0.2) is 0 Å². The van der Waals surface area contributed by atoms with E-state index in [1.165, 1.54) is 42.2 Å². The molecular formula is C19H27NS. The molecule has 2 aromatic rings. The molecule has 0 bridgehead atoms. The Morgan fingerprint density at radius 3 is 2.86 bits per heavy atom. The van der Waals surface area contributed by atoms with Crippen molar-refractivity contribution in [1.82, 2.24) is 5.32 Å². The van der Waals surface area contributed by atoms with E-state index in [-0.39, 0.29) is 0 Å². The maximum atomic E-state index is 3.78. The Bertz CT molecular complexity index is 574. The Morgan fingerprint density at radius 2 is 2.10 bits per heavy atom. The molecule has 0 spiro atoms. The van der Waals surface area contributed by atoms with Crippen molar-refractivity contribution in [3.8, 4) is 0 Å². The van der Waals surface area contributed by atoms with Gasteiger partial charge in [-0.3, -0.25) is 0 Å². The smallest absolute Gasteiger partial charge is 0.0345 e. The van der Waals surface area contributed by atoms with E-state index in [4.69, 9.17) is 0 Å². The first-order chi connectivity index (χ1) is 10.3. The summed E-state index contributed by atoms with van der Waals surface area (Å²) in [5, 5.41) is 7.62. The van der Waals surface area contributed by atoms with Crippen LogP contribution in [0.3, 0.4) is 0 Å². The molecule has 0 radical (unpaired) electrons. The van der Waals surface area contributed by atoms with E-state index in [9.17, 15) is 0 Å². The molecule has 1 fully saturated rings. The zero-order chi connectivity index (χ0) is 14.7. The van der Waals surface area contributed by atoms with Crippen molar-refractivity contribution in [3.63, 3.8) is 0 Å². The number of hydrogen-bond acceptors (Lipinski definition) is 2. The molecule has 1 aromatic carbocycles. The Kier molecular flexibility index (Phi) is 4.97. The van der Waals surface area contributed by atoms with E-state index in [1.54, 1.807) is 5.56 Å². The van der Waals surface area contributed by atoms with Gasteiger partial charge in [0.1, 0.15) is 0 Å². The van der Waals surface area contributed by atoms with Crippen molar-refractivity contribution in [2.75, 3.05) is 6.54 Å². The number of nitrogens with one attached hydrogen (secondary N) is 1. The topological polar surface area (TPSA) is 12.0 Å². The first-order valence-corrected chi connectivity index (χ1v) is 9.38. The molecule has 1 aromatic heterocycles. The van der Waals surface area contributed by atoms with E-state index in [0.717, 1.165) is 18.4 Å². The molecule has 114 valence electrons. The Balaban J connectivity index is 1.76. The van der Waals surface area contributed by atoms with Gasteiger partial charge in [-0.15, -0.1) is 11.3 Å². The van der Waals surface area contributed by atoms with Crippen molar-refractivity contribution >= 4 is 21.4 Å². The summed E-state index contributed by atoms with van der Waals surface area (Å²) < 4.78 is 1.43. The van der Waals surface area contributed by atoms with E-state index in [2.05, 4.69) is 48.8 Å². The second-order valence-corrected chi connectivity index (χ2v) is 7.38. The van der Waals surface area contributed by atoms with Gasteiger partial charge in [-0.1, -0.05) is 44.9 Å². The molecular weight excluding hydrogens is 274 g/mol. The predicted octanol–water partition coefficient (Wildman–Crippen LogP) is 5.25. The zero-order valence-corrected chi connectivity index (χ0v) is 14.1. The number of likely N-dealkylation sites (N-methyl/N-ethyl adjacent to an activating group) is 1. The van der Waals surface area contributed by atoms with Gasteiger partial charge in [0.15, 0.2) is 0 Å². The third-order valence-corrected chi connectivity index (χ3v) is 6.21. The highest BCUT2D eigenvalue weighted by Crippen LogP contribution is 2.37. The molecule has 0 aliphatic heterocycles. The van der Waals surface area contributed by atoms with Crippen LogP contribution in [0.1, 0.15) is 45.1 Å². The summed E-state index contributed by atoms with van der Waals surface area (Å²) in [6.45, 7) is 5.67. The maximum absolute atomic E-state index is 3.78. The average Bonchev–Trinajstić information content (AvgIpc) is 3.14. The minimum Gasteiger partial charge on any atom is -0.314 e. The summed E-state index contributed by atoms with van der Waals surface area (Å²) in [5.41, 5.74) is 1.54. The van der Waals surface area contributed by atoms with Crippen LogP contribution in [-0.4, -0.2) is 12.6 Å². The van der Waals surface area contributed by atoms with Crippen molar-refractivity contribution in [2.45, 2.75) is 52.0 Å². The van der Waals surface area contributed by atoms with Crippen molar-refractivity contribution in [2.24, 2.45) is 11.8 Å². The summed E-state index contributed by atoms with van der Waals surface area (Å²) in [6.07, 6.45) is 6.83. The third-order valence-electron chi connectivity index (χ3n) is 5.20. The van der Waals surface area contributed by atoms with E-state index < -0.39 is 0 Å². The number of hydrogen-bond donors (Lipinski definition) is 1. The lowest BCUT2D eigenvalue weighted by atomic mass is 9.90. The van der Waals surface area contributed by atoms with Gasteiger partial charge < -0.3 is 5.32 Å². The summed E-state index contributed by atoms with van der Waals surface area (Å²) in [4.78, 5) is 0. The minimum atomic E-state index is 0.657. The van der Waals surface area contributed by atoms with Crippen molar-refractivity contribution in [3.05, 3.63) is 35.2 Å². The highest BCUT2D eigenvalue weighted by atomic mass is 32.1. The second kappa shape index (κ2) is 6.93. The fourth-order valence-electron chi connectivity index (χ4n) is 3.95. The van der Waals surface area contributed by atoms with Gasteiger partial charge in [0.05, 0.1) is 0 Å². The number of benzene rings is 1. The lowest BCUT2D eigenvalue weighted by Crippen LogP contribution is -2.37. The summed E-state index contributed by atoms with van der Waals surface area (Å²) in [7, 11) is 0. The van der Waals surface area contributed by atoms with Crippen LogP contribution in [0.2, 0.25) is 0 Å². The van der Waals surface area contributed by atoms with Crippen LogP contribution >= 0.6 is 11.3 Å². The first kappa shape index (κ1) is 15.1. The molecule has 1 aliphatic rings. The second-order valence-electron chi connectivity index (χ2n) is 6.47. The van der Waals surface area contributed by atoms with Crippen LogP contribution in [-0.2, 0) is 6.42 Å². The minimum absolute atomic E-state index is 0.657. The van der Waals surface area contributed by atoms with E-state index in [0.29, 0.717) is 6.04 Å². The van der Waals surface area contributed by atoms with E-state index in [1.807, 2.05) is 11.3 Å². The van der Waals surface area contributed by atoms with Crippen molar-refractivity contribution in [1.29, 1.82) is 0 Å². The summed E-state index contributed by atoms with van der Waals surface area (Å²) in [5.74, 6) is 1.84. The van der Waals surface area contributed by atoms with Crippen LogP contribution in [0, 0.1) is 11.8 Å². The standard InChI is InChI=1S/C19H27NS/c1-3-14-9-10-15(11-14)18(20-4-2)12-16-13-21-19-8-6-5-7-17(16)19/h5-8,13-15,18,20H,3-4,9-12H2,1-2H3. The Morgan fingerprint density at radius 1 is 1.24 bits per heavy atom. The SMILES string of the molecule is CCNC(Cc1csc2ccccc12)C1CCC(CC)C1. The molecule has 2 heteroatoms. The monoisotopic (exact) mass is 301 g/mol. The normalized spacial score (nSPS) is 23.7. The average molecular weight is 301 g/mol. The van der Waals surface area contributed by atoms with Crippen LogP contribution in [0.25, 0.3) is 10.1 Å². The van der Waals surface area contributed by atoms with Gasteiger partial charge in [0, 0.05) is 10.7 Å². The number of thiophene rings is 1.